The lowest BCUT2D eigenvalue weighted by atomic mass is 10.0. The largest absolute Gasteiger partial charge is 0.476 e. The van der Waals surface area contributed by atoms with Crippen molar-refractivity contribution in [3.8, 4) is 23.1 Å². The molecule has 0 spiro atoms. The number of nitrogens with zero attached hydrogens (tertiary/aromatic N) is 8. The minimum atomic E-state index is -1.19. The fraction of sp³-hybridized carbons (Fsp3) is 0.412. The molecule has 2 aromatic carbocycles. The summed E-state index contributed by atoms with van der Waals surface area (Å²) in [5, 5.41) is 12.2. The number of anilines is 2. The lowest BCUT2D eigenvalue weighted by Crippen LogP contribution is -2.51. The summed E-state index contributed by atoms with van der Waals surface area (Å²) in [6.45, 7) is 6.87. The summed E-state index contributed by atoms with van der Waals surface area (Å²) >= 11 is 6.63. The second kappa shape index (κ2) is 14.8. The lowest BCUT2D eigenvalue weighted by molar-refractivity contribution is 0.0610. The van der Waals surface area contributed by atoms with E-state index >= 15 is 4.39 Å². The fourth-order valence-electron chi connectivity index (χ4n) is 6.35. The summed E-state index contributed by atoms with van der Waals surface area (Å²) in [6.07, 6.45) is 6.93. The Morgan fingerprint density at radius 1 is 1.04 bits per heavy atom. The maximum atomic E-state index is 15.0. The molecule has 2 saturated heterocycles. The summed E-state index contributed by atoms with van der Waals surface area (Å²) in [7, 11) is 4.32. The third-order valence-corrected chi connectivity index (χ3v) is 9.50. The summed E-state index contributed by atoms with van der Waals surface area (Å²) in [5.74, 6) is -2.41. The predicted octanol–water partition coefficient (Wildman–Crippen LogP) is 4.76. The fourth-order valence-corrected chi connectivity index (χ4v) is 6.61. The van der Waals surface area contributed by atoms with Gasteiger partial charge in [-0.3, -0.25) is 14.1 Å². The molecule has 4 aromatic rings. The molecule has 0 unspecified atom stereocenters. The molecule has 2 aliphatic rings. The molecule has 1 amide bonds. The van der Waals surface area contributed by atoms with Crippen LogP contribution in [0.3, 0.4) is 0 Å². The van der Waals surface area contributed by atoms with Crippen molar-refractivity contribution in [1.29, 1.82) is 5.26 Å². The maximum Gasteiger partial charge on any atom is 0.255 e. The van der Waals surface area contributed by atoms with Crippen molar-refractivity contribution < 1.29 is 18.3 Å². The summed E-state index contributed by atoms with van der Waals surface area (Å²) in [4.78, 5) is 31.3. The second-order valence-corrected chi connectivity index (χ2v) is 12.7. The smallest absolute Gasteiger partial charge is 0.255 e. The first-order valence-electron chi connectivity index (χ1n) is 16.0. The number of carbonyl (C=O) groups is 1. The van der Waals surface area contributed by atoms with E-state index in [4.69, 9.17) is 21.6 Å². The highest BCUT2D eigenvalue weighted by molar-refractivity contribution is 6.34. The van der Waals surface area contributed by atoms with E-state index in [0.717, 1.165) is 39.3 Å². The van der Waals surface area contributed by atoms with Crippen LogP contribution in [-0.4, -0.2) is 119 Å². The van der Waals surface area contributed by atoms with Crippen molar-refractivity contribution in [2.75, 3.05) is 78.4 Å². The SMILES string of the molecule is CN(C)C1CCN(CCN2CCN(C(=O)c3ccc(Nc4nccn5c(-c6ccc(OCC#N)c(F)c6F)cnc45)cc3Cl)CC2)CC1. The summed E-state index contributed by atoms with van der Waals surface area (Å²) < 4.78 is 36.2. The van der Waals surface area contributed by atoms with Crippen LogP contribution in [0.4, 0.5) is 20.3 Å². The van der Waals surface area contributed by atoms with Crippen LogP contribution in [0.2, 0.25) is 5.02 Å². The Morgan fingerprint density at radius 2 is 1.77 bits per heavy atom. The van der Waals surface area contributed by atoms with Gasteiger partial charge in [0.1, 0.15) is 6.07 Å². The van der Waals surface area contributed by atoms with Crippen LogP contribution in [0.5, 0.6) is 5.75 Å². The van der Waals surface area contributed by atoms with Crippen molar-refractivity contribution in [1.82, 2.24) is 34.0 Å². The van der Waals surface area contributed by atoms with Gasteiger partial charge in [0.05, 0.1) is 22.5 Å². The van der Waals surface area contributed by atoms with Crippen molar-refractivity contribution in [3.63, 3.8) is 0 Å². The Kier molecular flexibility index (Phi) is 10.4. The van der Waals surface area contributed by atoms with Crippen LogP contribution >= 0.6 is 11.6 Å². The average molecular weight is 678 g/mol. The Labute approximate surface area is 283 Å². The topological polar surface area (TPSA) is 105 Å². The van der Waals surface area contributed by atoms with Gasteiger partial charge in [-0.25, -0.2) is 14.4 Å². The number of nitrogens with one attached hydrogen (secondary N) is 1. The van der Waals surface area contributed by atoms with Crippen molar-refractivity contribution >= 4 is 34.7 Å². The number of likely N-dealkylation sites (tertiary alicyclic amines) is 1. The summed E-state index contributed by atoms with van der Waals surface area (Å²) in [6, 6.07) is 10.2. The zero-order chi connectivity index (χ0) is 33.8. The number of halogens is 3. The van der Waals surface area contributed by atoms with E-state index in [1.807, 2.05) is 4.90 Å². The molecule has 0 saturated carbocycles. The van der Waals surface area contributed by atoms with Gasteiger partial charge in [0.25, 0.3) is 5.91 Å². The number of nitriles is 1. The van der Waals surface area contributed by atoms with Crippen molar-refractivity contribution in [3.05, 3.63) is 71.1 Å². The first-order chi connectivity index (χ1) is 23.2. The van der Waals surface area contributed by atoms with Crippen LogP contribution < -0.4 is 10.1 Å². The quantitative estimate of drug-likeness (QED) is 0.255. The second-order valence-electron chi connectivity index (χ2n) is 12.3. The molecule has 14 heteroatoms. The van der Waals surface area contributed by atoms with Crippen LogP contribution in [0.15, 0.2) is 48.9 Å². The maximum absolute atomic E-state index is 15.0. The Morgan fingerprint density at radius 3 is 2.46 bits per heavy atom. The number of rotatable bonds is 10. The van der Waals surface area contributed by atoms with Crippen LogP contribution in [0, 0.1) is 23.0 Å². The summed E-state index contributed by atoms with van der Waals surface area (Å²) in [5.41, 5.74) is 1.63. The molecule has 0 bridgehead atoms. The third-order valence-electron chi connectivity index (χ3n) is 9.18. The number of piperazine rings is 1. The van der Waals surface area contributed by atoms with Gasteiger partial charge in [-0.2, -0.15) is 9.65 Å². The van der Waals surface area contributed by atoms with E-state index in [0.29, 0.717) is 52.6 Å². The number of imidazole rings is 1. The molecular formula is C34H38ClF2N9O2. The molecule has 6 rings (SSSR count). The molecule has 1 N–H and O–H groups in total. The van der Waals surface area contributed by atoms with Crippen LogP contribution in [0.1, 0.15) is 23.2 Å². The average Bonchev–Trinajstić information content (AvgIpc) is 3.53. The zero-order valence-corrected chi connectivity index (χ0v) is 27.8. The van der Waals surface area contributed by atoms with Crippen LogP contribution in [-0.2, 0) is 0 Å². The van der Waals surface area contributed by atoms with Gasteiger partial charge < -0.3 is 24.8 Å². The molecule has 2 aliphatic heterocycles. The van der Waals surface area contributed by atoms with E-state index in [1.54, 1.807) is 34.9 Å². The normalized spacial score (nSPS) is 16.4. The first kappa shape index (κ1) is 33.5. The molecule has 0 aliphatic carbocycles. The molecule has 4 heterocycles. The van der Waals surface area contributed by atoms with Gasteiger partial charge in [-0.05, 0) is 70.4 Å². The lowest BCUT2D eigenvalue weighted by Gasteiger charge is -2.38. The highest BCUT2D eigenvalue weighted by atomic mass is 35.5. The number of ether oxygens (including phenoxy) is 1. The molecule has 11 nitrogen and oxygen atoms in total. The molecule has 48 heavy (non-hydrogen) atoms. The predicted molar refractivity (Wildman–Crippen MR) is 180 cm³/mol. The number of fused-ring (bicyclic) bond motifs is 1. The number of benzene rings is 2. The van der Waals surface area contributed by atoms with E-state index < -0.39 is 18.2 Å². The number of amides is 1. The van der Waals surface area contributed by atoms with Crippen LogP contribution in [0.25, 0.3) is 16.9 Å². The van der Waals surface area contributed by atoms with Gasteiger partial charge in [0.15, 0.2) is 29.6 Å². The number of carbonyl (C=O) groups excluding carboxylic acids is 1. The minimum Gasteiger partial charge on any atom is -0.476 e. The highest BCUT2D eigenvalue weighted by Crippen LogP contribution is 2.32. The number of hydrogen-bond donors (Lipinski definition) is 1. The Balaban J connectivity index is 1.07. The Bertz CT molecular complexity index is 1810. The zero-order valence-electron chi connectivity index (χ0n) is 27.0. The molecule has 2 fully saturated rings. The third kappa shape index (κ3) is 7.22. The minimum absolute atomic E-state index is 0.0338. The monoisotopic (exact) mass is 677 g/mol. The number of aromatic nitrogens is 3. The van der Waals surface area contributed by atoms with Gasteiger partial charge in [-0.1, -0.05) is 11.6 Å². The van der Waals surface area contributed by atoms with E-state index in [-0.39, 0.29) is 17.2 Å². The standard InChI is InChI=1S/C34H38ClF2N9O2/c1-42(2)24-7-11-43(12-8-24)14-15-44-16-18-45(19-17-44)34(47)25-4-3-23(21-27(25)35)41-32-33-40-22-28(46(33)13-10-39-32)26-5-6-29(48-20-9-38)31(37)30(26)36/h3-6,10,13,21-22,24H,7-8,11-12,14-20H2,1-2H3,(H,39,41). The molecule has 0 radical (unpaired) electrons. The molecule has 2 aromatic heterocycles. The molecule has 0 atom stereocenters. The van der Waals surface area contributed by atoms with Gasteiger partial charge in [-0.15, -0.1) is 0 Å². The number of hydrogen-bond acceptors (Lipinski definition) is 9. The van der Waals surface area contributed by atoms with Crippen molar-refractivity contribution in [2.45, 2.75) is 18.9 Å². The molecule has 252 valence electrons. The van der Waals surface area contributed by atoms with Gasteiger partial charge in [0.2, 0.25) is 5.82 Å². The van der Waals surface area contributed by atoms with Crippen molar-refractivity contribution in [2.24, 2.45) is 0 Å². The highest BCUT2D eigenvalue weighted by Gasteiger charge is 2.26. The van der Waals surface area contributed by atoms with Gasteiger partial charge >= 0.3 is 0 Å². The first-order valence-corrected chi connectivity index (χ1v) is 16.4. The van der Waals surface area contributed by atoms with E-state index in [2.05, 4.69) is 44.1 Å². The Hall–Kier alpha value is -4.35. The van der Waals surface area contributed by atoms with Gasteiger partial charge in [0, 0.05) is 69.0 Å². The molecular weight excluding hydrogens is 640 g/mol. The number of piperidine rings is 1. The van der Waals surface area contributed by atoms with E-state index in [9.17, 15) is 9.18 Å². The van der Waals surface area contributed by atoms with E-state index in [1.165, 1.54) is 37.4 Å².